The molecule has 0 aromatic heterocycles. The summed E-state index contributed by atoms with van der Waals surface area (Å²) in [5.74, 6) is -0.0100. The van der Waals surface area contributed by atoms with Crippen molar-refractivity contribution in [2.75, 3.05) is 32.7 Å². The Hall–Kier alpha value is -2.37. The van der Waals surface area contributed by atoms with Gasteiger partial charge >= 0.3 is 0 Å². The standard InChI is InChI=1S/C20H22ClN3O2/c21-18-8-4-7-17(13-18)20(26)24-11-9-23(10-12-24)15-19(25)22-14-16-5-2-1-3-6-16/h1-8,13H,9-12,14-15H2,(H,22,25). The highest BCUT2D eigenvalue weighted by Crippen LogP contribution is 2.14. The van der Waals surface area contributed by atoms with E-state index in [-0.39, 0.29) is 11.8 Å². The lowest BCUT2D eigenvalue weighted by atomic mass is 10.2. The molecule has 136 valence electrons. The second-order valence-electron chi connectivity index (χ2n) is 6.34. The Morgan fingerprint density at radius 2 is 1.69 bits per heavy atom. The molecule has 26 heavy (non-hydrogen) atoms. The van der Waals surface area contributed by atoms with Gasteiger partial charge in [0.25, 0.3) is 5.91 Å². The lowest BCUT2D eigenvalue weighted by molar-refractivity contribution is -0.122. The summed E-state index contributed by atoms with van der Waals surface area (Å²) in [7, 11) is 0. The third kappa shape index (κ3) is 5.07. The van der Waals surface area contributed by atoms with E-state index in [0.29, 0.717) is 49.9 Å². The van der Waals surface area contributed by atoms with E-state index in [1.807, 2.05) is 35.2 Å². The van der Waals surface area contributed by atoms with Crippen LogP contribution < -0.4 is 5.32 Å². The average Bonchev–Trinajstić information content (AvgIpc) is 2.67. The molecule has 1 heterocycles. The first-order valence-corrected chi connectivity index (χ1v) is 9.07. The molecule has 1 fully saturated rings. The van der Waals surface area contributed by atoms with Crippen LogP contribution in [0.5, 0.6) is 0 Å². The van der Waals surface area contributed by atoms with Gasteiger partial charge in [0.15, 0.2) is 0 Å². The van der Waals surface area contributed by atoms with Crippen LogP contribution in [0.3, 0.4) is 0 Å². The maximum Gasteiger partial charge on any atom is 0.253 e. The molecule has 5 nitrogen and oxygen atoms in total. The zero-order valence-corrected chi connectivity index (χ0v) is 15.3. The van der Waals surface area contributed by atoms with Crippen molar-refractivity contribution < 1.29 is 9.59 Å². The molecule has 2 amide bonds. The monoisotopic (exact) mass is 371 g/mol. The number of carbonyl (C=O) groups excluding carboxylic acids is 2. The van der Waals surface area contributed by atoms with Crippen molar-refractivity contribution in [3.8, 4) is 0 Å². The van der Waals surface area contributed by atoms with Crippen LogP contribution >= 0.6 is 11.6 Å². The Kier molecular flexibility index (Phi) is 6.26. The maximum absolute atomic E-state index is 12.5. The molecule has 2 aromatic carbocycles. The zero-order valence-electron chi connectivity index (χ0n) is 14.5. The molecule has 0 radical (unpaired) electrons. The predicted molar refractivity (Wildman–Crippen MR) is 102 cm³/mol. The topological polar surface area (TPSA) is 52.7 Å². The number of piperazine rings is 1. The van der Waals surface area contributed by atoms with Crippen molar-refractivity contribution in [3.63, 3.8) is 0 Å². The number of hydrogen-bond acceptors (Lipinski definition) is 3. The van der Waals surface area contributed by atoms with Gasteiger partial charge in [-0.3, -0.25) is 14.5 Å². The van der Waals surface area contributed by atoms with E-state index >= 15 is 0 Å². The van der Waals surface area contributed by atoms with Gasteiger partial charge in [-0.2, -0.15) is 0 Å². The number of nitrogens with zero attached hydrogens (tertiary/aromatic N) is 2. The van der Waals surface area contributed by atoms with E-state index in [9.17, 15) is 9.59 Å². The van der Waals surface area contributed by atoms with Crippen molar-refractivity contribution >= 4 is 23.4 Å². The molecule has 1 saturated heterocycles. The van der Waals surface area contributed by atoms with Crippen molar-refractivity contribution in [1.29, 1.82) is 0 Å². The Morgan fingerprint density at radius 3 is 2.38 bits per heavy atom. The Labute approximate surface area is 158 Å². The quantitative estimate of drug-likeness (QED) is 0.878. The van der Waals surface area contributed by atoms with Gasteiger partial charge in [0.05, 0.1) is 6.54 Å². The predicted octanol–water partition coefficient (Wildman–Crippen LogP) is 2.41. The summed E-state index contributed by atoms with van der Waals surface area (Å²) in [6.07, 6.45) is 0. The third-order valence-electron chi connectivity index (χ3n) is 4.43. The minimum absolute atomic E-state index is 0.00321. The van der Waals surface area contributed by atoms with Gasteiger partial charge in [-0.25, -0.2) is 0 Å². The summed E-state index contributed by atoms with van der Waals surface area (Å²) < 4.78 is 0. The molecule has 6 heteroatoms. The molecule has 0 bridgehead atoms. The van der Waals surface area contributed by atoms with Crippen LogP contribution in [0.15, 0.2) is 54.6 Å². The molecule has 3 rings (SSSR count). The highest BCUT2D eigenvalue weighted by molar-refractivity contribution is 6.30. The molecule has 1 aliphatic heterocycles. The molecule has 0 atom stereocenters. The largest absolute Gasteiger partial charge is 0.351 e. The van der Waals surface area contributed by atoms with Crippen LogP contribution in [0, 0.1) is 0 Å². The van der Waals surface area contributed by atoms with E-state index in [0.717, 1.165) is 5.56 Å². The molecular weight excluding hydrogens is 350 g/mol. The van der Waals surface area contributed by atoms with Gasteiger partial charge in [-0.1, -0.05) is 48.0 Å². The SMILES string of the molecule is O=C(CN1CCN(C(=O)c2cccc(Cl)c2)CC1)NCc1ccccc1. The fourth-order valence-corrected chi connectivity index (χ4v) is 3.16. The summed E-state index contributed by atoms with van der Waals surface area (Å²) in [5.41, 5.74) is 1.68. The smallest absolute Gasteiger partial charge is 0.253 e. The maximum atomic E-state index is 12.5. The minimum Gasteiger partial charge on any atom is -0.351 e. The van der Waals surface area contributed by atoms with Crippen molar-refractivity contribution in [2.24, 2.45) is 0 Å². The van der Waals surface area contributed by atoms with Crippen LogP contribution in [-0.4, -0.2) is 54.3 Å². The average molecular weight is 372 g/mol. The van der Waals surface area contributed by atoms with Crippen molar-refractivity contribution in [1.82, 2.24) is 15.1 Å². The van der Waals surface area contributed by atoms with Crippen LogP contribution in [0.4, 0.5) is 0 Å². The summed E-state index contributed by atoms with van der Waals surface area (Å²) in [5, 5.41) is 3.50. The van der Waals surface area contributed by atoms with Crippen LogP contribution in [0.2, 0.25) is 5.02 Å². The molecule has 2 aromatic rings. The number of amides is 2. The van der Waals surface area contributed by atoms with Crippen LogP contribution in [0.1, 0.15) is 15.9 Å². The minimum atomic E-state index is -0.0133. The number of nitrogens with one attached hydrogen (secondary N) is 1. The summed E-state index contributed by atoms with van der Waals surface area (Å²) in [6.45, 7) is 3.48. The molecule has 0 aliphatic carbocycles. The second kappa shape index (κ2) is 8.83. The van der Waals surface area contributed by atoms with E-state index in [1.165, 1.54) is 0 Å². The molecule has 0 unspecified atom stereocenters. The Bertz CT molecular complexity index is 759. The summed E-state index contributed by atoms with van der Waals surface area (Å²) in [6, 6.07) is 16.8. The fraction of sp³-hybridized carbons (Fsp3) is 0.300. The number of halogens is 1. The fourth-order valence-electron chi connectivity index (χ4n) is 2.97. The first-order valence-electron chi connectivity index (χ1n) is 8.69. The van der Waals surface area contributed by atoms with Crippen molar-refractivity contribution in [2.45, 2.75) is 6.54 Å². The lowest BCUT2D eigenvalue weighted by Crippen LogP contribution is -2.51. The van der Waals surface area contributed by atoms with E-state index in [4.69, 9.17) is 11.6 Å². The molecule has 0 spiro atoms. The highest BCUT2D eigenvalue weighted by atomic mass is 35.5. The first-order chi connectivity index (χ1) is 12.6. The van der Waals surface area contributed by atoms with Gasteiger partial charge in [0, 0.05) is 43.3 Å². The Balaban J connectivity index is 1.43. The zero-order chi connectivity index (χ0) is 18.4. The van der Waals surface area contributed by atoms with Gasteiger partial charge in [-0.05, 0) is 23.8 Å². The lowest BCUT2D eigenvalue weighted by Gasteiger charge is -2.34. The Morgan fingerprint density at radius 1 is 0.962 bits per heavy atom. The first kappa shape index (κ1) is 18.4. The number of hydrogen-bond donors (Lipinski definition) is 1. The van der Waals surface area contributed by atoms with Gasteiger partial charge < -0.3 is 10.2 Å². The van der Waals surface area contributed by atoms with Gasteiger partial charge in [0.1, 0.15) is 0 Å². The number of carbonyl (C=O) groups is 2. The van der Waals surface area contributed by atoms with Crippen LogP contribution in [0.25, 0.3) is 0 Å². The normalized spacial score (nSPS) is 14.9. The summed E-state index contributed by atoms with van der Waals surface area (Å²) >= 11 is 5.96. The highest BCUT2D eigenvalue weighted by Gasteiger charge is 2.23. The molecule has 1 aliphatic rings. The second-order valence-corrected chi connectivity index (χ2v) is 6.78. The van der Waals surface area contributed by atoms with Gasteiger partial charge in [0.2, 0.25) is 5.91 Å². The molecular formula is C20H22ClN3O2. The van der Waals surface area contributed by atoms with Crippen LogP contribution in [-0.2, 0) is 11.3 Å². The number of benzene rings is 2. The number of rotatable bonds is 5. The molecule has 1 N–H and O–H groups in total. The van der Waals surface area contributed by atoms with Gasteiger partial charge in [-0.15, -0.1) is 0 Å². The molecule has 0 saturated carbocycles. The van der Waals surface area contributed by atoms with E-state index < -0.39 is 0 Å². The van der Waals surface area contributed by atoms with Crippen molar-refractivity contribution in [3.05, 3.63) is 70.7 Å². The third-order valence-corrected chi connectivity index (χ3v) is 4.67. The summed E-state index contributed by atoms with van der Waals surface area (Å²) in [4.78, 5) is 28.5. The van der Waals surface area contributed by atoms with E-state index in [1.54, 1.807) is 24.3 Å². The van der Waals surface area contributed by atoms with E-state index in [2.05, 4.69) is 10.2 Å².